The molecule has 0 amide bonds. The third kappa shape index (κ3) is 3.69. The molecule has 19 heavy (non-hydrogen) atoms. The van der Waals surface area contributed by atoms with Gasteiger partial charge in [0.05, 0.1) is 0 Å². The van der Waals surface area contributed by atoms with Crippen LogP contribution in [0.1, 0.15) is 40.0 Å². The van der Waals surface area contributed by atoms with Crippen molar-refractivity contribution in [1.29, 1.82) is 0 Å². The Bertz CT molecular complexity index is 369. The number of rotatable bonds is 3. The second-order valence-electron chi connectivity index (χ2n) is 6.99. The average Bonchev–Trinajstić information content (AvgIpc) is 2.54. The Labute approximate surface area is 156 Å². The van der Waals surface area contributed by atoms with Crippen LogP contribution < -0.4 is 51.4 Å². The Hall–Kier alpha value is 1.19. The molecule has 2 aliphatic rings. The van der Waals surface area contributed by atoms with E-state index in [0.717, 1.165) is 25.8 Å². The molecule has 2 bridgehead atoms. The summed E-state index contributed by atoms with van der Waals surface area (Å²) in [6.07, 6.45) is 3.44. The molecule has 0 unspecified atom stereocenters. The number of hydrogen-bond donors (Lipinski definition) is 0. The molecule has 1 nitrogen and oxygen atoms in total. The van der Waals surface area contributed by atoms with Crippen molar-refractivity contribution in [3.05, 3.63) is 12.1 Å². The molecule has 2 fully saturated rings. The van der Waals surface area contributed by atoms with Gasteiger partial charge in [-0.2, -0.15) is 0 Å². The minimum atomic E-state index is -4.91. The molecule has 6 heteroatoms. The molecule has 0 N–H and O–H groups in total. The number of halogens is 3. The zero-order valence-electron chi connectivity index (χ0n) is 12.5. The molecule has 0 aromatic rings. The molecule has 0 spiro atoms. The van der Waals surface area contributed by atoms with Crippen LogP contribution in [0, 0.1) is 11.3 Å². The maximum atomic E-state index is 12.7. The number of nitrogens with zero attached hydrogens (tertiary/aromatic N) is 1. The van der Waals surface area contributed by atoms with Crippen molar-refractivity contribution in [3.63, 3.8) is 0 Å². The van der Waals surface area contributed by atoms with Gasteiger partial charge in [-0.3, -0.25) is 4.90 Å². The van der Waals surface area contributed by atoms with Crippen LogP contribution in [0.4, 0.5) is 12.9 Å². The van der Waals surface area contributed by atoms with Crippen LogP contribution in [-0.4, -0.2) is 30.5 Å². The summed E-state index contributed by atoms with van der Waals surface area (Å²) < 4.78 is 38.1. The molecule has 1 aliphatic heterocycles. The van der Waals surface area contributed by atoms with Gasteiger partial charge in [0, 0.05) is 12.1 Å². The molecule has 0 aromatic heterocycles. The van der Waals surface area contributed by atoms with E-state index in [1.807, 2.05) is 4.90 Å². The van der Waals surface area contributed by atoms with Crippen LogP contribution in [-0.2, 0) is 0 Å². The van der Waals surface area contributed by atoms with Crippen LogP contribution in [0.15, 0.2) is 12.1 Å². The predicted molar refractivity (Wildman–Crippen MR) is 69.3 cm³/mol. The van der Waals surface area contributed by atoms with E-state index in [0.29, 0.717) is 5.92 Å². The predicted octanol–water partition coefficient (Wildman–Crippen LogP) is 0.834. The van der Waals surface area contributed by atoms with Crippen molar-refractivity contribution in [2.75, 3.05) is 13.1 Å². The Morgan fingerprint density at radius 1 is 1.32 bits per heavy atom. The zero-order chi connectivity index (χ0) is 13.8. The average molecular weight is 299 g/mol. The van der Waals surface area contributed by atoms with Gasteiger partial charge in [-0.1, -0.05) is 6.92 Å². The first-order chi connectivity index (χ1) is 8.05. The van der Waals surface area contributed by atoms with Gasteiger partial charge in [0.25, 0.3) is 0 Å². The van der Waals surface area contributed by atoms with Crippen molar-refractivity contribution < 1.29 is 64.3 Å². The Morgan fingerprint density at radius 2 is 1.89 bits per heavy atom. The number of piperidine rings is 1. The van der Waals surface area contributed by atoms with Gasteiger partial charge in [-0.15, -0.1) is 12.1 Å². The summed E-state index contributed by atoms with van der Waals surface area (Å²) in [5.74, 6) is 0.518. The van der Waals surface area contributed by atoms with E-state index >= 15 is 0 Å². The number of likely N-dealkylation sites (tertiary alicyclic amines) is 1. The van der Waals surface area contributed by atoms with Crippen molar-refractivity contribution in [1.82, 2.24) is 4.90 Å². The summed E-state index contributed by atoms with van der Waals surface area (Å²) in [5.41, 5.74) is -0.493. The van der Waals surface area contributed by atoms with Gasteiger partial charge in [0.1, 0.15) is 0 Å². The Kier molecular flexibility index (Phi) is 5.53. The van der Waals surface area contributed by atoms with Crippen molar-refractivity contribution in [3.8, 4) is 0 Å². The minimum absolute atomic E-state index is 0. The van der Waals surface area contributed by atoms with Crippen molar-refractivity contribution >= 4 is 6.98 Å². The van der Waals surface area contributed by atoms with Gasteiger partial charge in [-0.05, 0) is 51.0 Å². The van der Waals surface area contributed by atoms with E-state index in [1.54, 1.807) is 0 Å². The number of fused-ring (bicyclic) bond motifs is 2. The third-order valence-electron chi connectivity index (χ3n) is 5.08. The molecular weight excluding hydrogens is 277 g/mol. The normalized spacial score (nSPS) is 33.9. The standard InChI is InChI=1S/C13H22BF3N.K/c1-10(14(15,16)17)8-18-9-13(4)6-5-11(7-13)12(18,2)3;/h11H,1,5-9H2,2-4H3;/q-1;+1/t11-,13+;/m0./s1. The second kappa shape index (κ2) is 5.76. The summed E-state index contributed by atoms with van der Waals surface area (Å²) in [6.45, 7) is 5.44. The summed E-state index contributed by atoms with van der Waals surface area (Å²) in [5, 5.41) is 0. The summed E-state index contributed by atoms with van der Waals surface area (Å²) >= 11 is 0. The fourth-order valence-corrected chi connectivity index (χ4v) is 3.60. The molecule has 1 heterocycles. The first-order valence-corrected chi connectivity index (χ1v) is 6.67. The van der Waals surface area contributed by atoms with Gasteiger partial charge in [0.2, 0.25) is 0 Å². The molecule has 1 saturated carbocycles. The molecule has 1 aliphatic carbocycles. The van der Waals surface area contributed by atoms with Gasteiger partial charge < -0.3 is 12.9 Å². The summed E-state index contributed by atoms with van der Waals surface area (Å²) in [7, 11) is 0. The SMILES string of the molecule is C=C(CN1C[C@]2(C)CC[C@@H](C2)C1(C)C)[B-](F)(F)F.[K+]. The Balaban J connectivity index is 0.00000180. The fourth-order valence-electron chi connectivity index (χ4n) is 3.60. The first-order valence-electron chi connectivity index (χ1n) is 6.67. The minimum Gasteiger partial charge on any atom is -0.445 e. The van der Waals surface area contributed by atoms with Crippen LogP contribution in [0.2, 0.25) is 0 Å². The van der Waals surface area contributed by atoms with Crippen LogP contribution in [0.25, 0.3) is 0 Å². The van der Waals surface area contributed by atoms with E-state index in [-0.39, 0.29) is 68.9 Å². The largest absolute Gasteiger partial charge is 1.00 e. The van der Waals surface area contributed by atoms with Crippen molar-refractivity contribution in [2.45, 2.75) is 45.6 Å². The molecule has 1 saturated heterocycles. The molecule has 2 rings (SSSR count). The monoisotopic (exact) mass is 299 g/mol. The smallest absolute Gasteiger partial charge is 0.445 e. The van der Waals surface area contributed by atoms with E-state index in [2.05, 4.69) is 27.4 Å². The molecule has 0 radical (unpaired) electrons. The van der Waals surface area contributed by atoms with Crippen molar-refractivity contribution in [2.24, 2.45) is 11.3 Å². The van der Waals surface area contributed by atoms with E-state index < -0.39 is 12.4 Å². The third-order valence-corrected chi connectivity index (χ3v) is 5.08. The van der Waals surface area contributed by atoms with E-state index in [9.17, 15) is 12.9 Å². The maximum Gasteiger partial charge on any atom is 1.00 e. The Morgan fingerprint density at radius 3 is 2.42 bits per heavy atom. The van der Waals surface area contributed by atoms with Crippen LogP contribution >= 0.6 is 0 Å². The van der Waals surface area contributed by atoms with Gasteiger partial charge >= 0.3 is 58.4 Å². The zero-order valence-corrected chi connectivity index (χ0v) is 15.6. The molecule has 104 valence electrons. The fraction of sp³-hybridized carbons (Fsp3) is 0.846. The quantitative estimate of drug-likeness (QED) is 0.698. The molecular formula is C13H22BF3KN. The van der Waals surface area contributed by atoms with E-state index in [4.69, 9.17) is 0 Å². The molecule has 0 aromatic carbocycles. The maximum absolute atomic E-state index is 12.7. The topological polar surface area (TPSA) is 3.24 Å². The van der Waals surface area contributed by atoms with Gasteiger partial charge in [0.15, 0.2) is 0 Å². The second-order valence-corrected chi connectivity index (χ2v) is 6.99. The van der Waals surface area contributed by atoms with E-state index in [1.165, 1.54) is 0 Å². The summed E-state index contributed by atoms with van der Waals surface area (Å²) in [6, 6.07) is 0. The molecule has 2 atom stereocenters. The number of hydrogen-bond acceptors (Lipinski definition) is 1. The summed E-state index contributed by atoms with van der Waals surface area (Å²) in [4.78, 5) is 2.01. The van der Waals surface area contributed by atoms with Crippen LogP contribution in [0.5, 0.6) is 0 Å². The van der Waals surface area contributed by atoms with Crippen LogP contribution in [0.3, 0.4) is 0 Å². The first kappa shape index (κ1) is 18.2. The van der Waals surface area contributed by atoms with Gasteiger partial charge in [-0.25, -0.2) is 0 Å².